The normalized spacial score (nSPS) is 10.9. The van der Waals surface area contributed by atoms with Crippen molar-refractivity contribution in [1.29, 1.82) is 0 Å². The lowest BCUT2D eigenvalue weighted by Crippen LogP contribution is -2.12. The summed E-state index contributed by atoms with van der Waals surface area (Å²) in [7, 11) is 0. The molecule has 6 heteroatoms. The van der Waals surface area contributed by atoms with E-state index >= 15 is 0 Å². The molecule has 0 aliphatic rings. The average molecular weight is 305 g/mol. The Morgan fingerprint density at radius 2 is 1.82 bits per heavy atom. The molecule has 3 rings (SSSR count). The van der Waals surface area contributed by atoms with E-state index in [4.69, 9.17) is 4.42 Å². The number of carbonyl (C=O) groups excluding carboxylic acids is 1. The van der Waals surface area contributed by atoms with Crippen LogP contribution in [-0.2, 0) is 0 Å². The van der Waals surface area contributed by atoms with E-state index in [1.807, 2.05) is 0 Å². The lowest BCUT2D eigenvalue weighted by molar-refractivity contribution is 0.0997. The van der Waals surface area contributed by atoms with E-state index in [-0.39, 0.29) is 17.0 Å². The van der Waals surface area contributed by atoms with Crippen molar-refractivity contribution in [3.05, 3.63) is 65.2 Å². The minimum atomic E-state index is -1.08. The van der Waals surface area contributed by atoms with Crippen molar-refractivity contribution in [2.75, 3.05) is 5.32 Å². The minimum absolute atomic E-state index is 0.0181. The van der Waals surface area contributed by atoms with Crippen LogP contribution in [0, 0.1) is 24.4 Å². The summed E-state index contributed by atoms with van der Waals surface area (Å²) >= 11 is 0. The van der Waals surface area contributed by atoms with Gasteiger partial charge in [0.25, 0.3) is 5.91 Å². The van der Waals surface area contributed by atoms with Crippen LogP contribution in [0.3, 0.4) is 0 Å². The largest absolute Gasteiger partial charge is 0.448 e. The first-order chi connectivity index (χ1) is 10.5. The highest BCUT2D eigenvalue weighted by atomic mass is 19.2. The zero-order chi connectivity index (χ0) is 15.9. The van der Waals surface area contributed by atoms with Crippen LogP contribution in [0.25, 0.3) is 11.0 Å². The number of hydrogen-bond donors (Lipinski definition) is 1. The highest BCUT2D eigenvalue weighted by molar-refractivity contribution is 6.06. The molecule has 0 fully saturated rings. The number of furan rings is 1. The van der Waals surface area contributed by atoms with Gasteiger partial charge in [0.1, 0.15) is 0 Å². The first-order valence-electron chi connectivity index (χ1n) is 6.41. The van der Waals surface area contributed by atoms with Gasteiger partial charge in [0, 0.05) is 22.7 Å². The quantitative estimate of drug-likeness (QED) is 0.762. The third kappa shape index (κ3) is 2.32. The molecule has 3 aromatic rings. The standard InChI is InChI=1S/C16H10F3NO2/c1-8-10-3-2-4-12(18)15(10)22-14(8)16(21)20-9-5-6-11(17)13(19)7-9/h2-7H,1H3,(H,20,21). The van der Waals surface area contributed by atoms with Gasteiger partial charge < -0.3 is 9.73 Å². The van der Waals surface area contributed by atoms with E-state index in [9.17, 15) is 18.0 Å². The Morgan fingerprint density at radius 3 is 2.50 bits per heavy atom. The summed E-state index contributed by atoms with van der Waals surface area (Å²) in [6.45, 7) is 1.62. The zero-order valence-corrected chi connectivity index (χ0v) is 11.4. The molecule has 0 saturated heterocycles. The second-order valence-corrected chi connectivity index (χ2v) is 4.76. The Labute approximate surface area is 123 Å². The van der Waals surface area contributed by atoms with E-state index in [1.54, 1.807) is 13.0 Å². The van der Waals surface area contributed by atoms with Gasteiger partial charge >= 0.3 is 0 Å². The Balaban J connectivity index is 1.97. The maximum absolute atomic E-state index is 13.7. The number of nitrogens with one attached hydrogen (secondary N) is 1. The number of halogens is 3. The monoisotopic (exact) mass is 305 g/mol. The van der Waals surface area contributed by atoms with Crippen LogP contribution in [0.4, 0.5) is 18.9 Å². The second kappa shape index (κ2) is 5.22. The molecule has 112 valence electrons. The number of aryl methyl sites for hydroxylation is 1. The summed E-state index contributed by atoms with van der Waals surface area (Å²) in [6, 6.07) is 7.34. The SMILES string of the molecule is Cc1c(C(=O)Nc2ccc(F)c(F)c2)oc2c(F)cccc12. The highest BCUT2D eigenvalue weighted by Gasteiger charge is 2.19. The molecule has 0 bridgehead atoms. The van der Waals surface area contributed by atoms with Crippen molar-refractivity contribution in [3.63, 3.8) is 0 Å². The van der Waals surface area contributed by atoms with Crippen molar-refractivity contribution in [2.45, 2.75) is 6.92 Å². The first-order valence-corrected chi connectivity index (χ1v) is 6.41. The van der Waals surface area contributed by atoms with Crippen molar-refractivity contribution >= 4 is 22.6 Å². The Kier molecular flexibility index (Phi) is 3.36. The number of amides is 1. The number of hydrogen-bond acceptors (Lipinski definition) is 2. The molecule has 1 N–H and O–H groups in total. The Bertz CT molecular complexity index is 886. The Hall–Kier alpha value is -2.76. The molecular formula is C16H10F3NO2. The van der Waals surface area contributed by atoms with Crippen LogP contribution in [0.2, 0.25) is 0 Å². The topological polar surface area (TPSA) is 42.2 Å². The molecule has 1 heterocycles. The van der Waals surface area contributed by atoms with Gasteiger partial charge in [-0.3, -0.25) is 4.79 Å². The third-order valence-electron chi connectivity index (χ3n) is 3.30. The van der Waals surface area contributed by atoms with Gasteiger partial charge in [-0.1, -0.05) is 12.1 Å². The highest BCUT2D eigenvalue weighted by Crippen LogP contribution is 2.28. The molecule has 0 saturated carbocycles. The van der Waals surface area contributed by atoms with Gasteiger partial charge in [-0.05, 0) is 25.1 Å². The molecule has 0 spiro atoms. The van der Waals surface area contributed by atoms with Gasteiger partial charge in [-0.2, -0.15) is 0 Å². The summed E-state index contributed by atoms with van der Waals surface area (Å²) in [5, 5.41) is 2.87. The summed E-state index contributed by atoms with van der Waals surface area (Å²) in [5.41, 5.74) is 0.522. The minimum Gasteiger partial charge on any atom is -0.448 e. The average Bonchev–Trinajstić information content (AvgIpc) is 2.82. The van der Waals surface area contributed by atoms with E-state index in [0.717, 1.165) is 12.1 Å². The molecular weight excluding hydrogens is 295 g/mol. The van der Waals surface area contributed by atoms with Gasteiger partial charge in [0.15, 0.2) is 28.8 Å². The number of anilines is 1. The summed E-state index contributed by atoms with van der Waals surface area (Å²) in [6.07, 6.45) is 0. The van der Waals surface area contributed by atoms with Crippen LogP contribution in [0.1, 0.15) is 16.1 Å². The van der Waals surface area contributed by atoms with Crippen LogP contribution in [0.15, 0.2) is 40.8 Å². The fourth-order valence-corrected chi connectivity index (χ4v) is 2.19. The maximum Gasteiger partial charge on any atom is 0.291 e. The molecule has 1 amide bonds. The molecule has 1 aromatic heterocycles. The molecule has 2 aromatic carbocycles. The van der Waals surface area contributed by atoms with E-state index in [2.05, 4.69) is 5.32 Å². The van der Waals surface area contributed by atoms with E-state index < -0.39 is 23.4 Å². The lowest BCUT2D eigenvalue weighted by atomic mass is 10.1. The van der Waals surface area contributed by atoms with Gasteiger partial charge in [0.2, 0.25) is 0 Å². The van der Waals surface area contributed by atoms with Gasteiger partial charge in [0.05, 0.1) is 0 Å². The predicted molar refractivity (Wildman–Crippen MR) is 75.2 cm³/mol. The molecule has 0 unspecified atom stereocenters. The molecule has 0 atom stereocenters. The van der Waals surface area contributed by atoms with Crippen LogP contribution < -0.4 is 5.32 Å². The smallest absolute Gasteiger partial charge is 0.291 e. The van der Waals surface area contributed by atoms with Crippen LogP contribution in [-0.4, -0.2) is 5.91 Å². The summed E-state index contributed by atoms with van der Waals surface area (Å²) in [4.78, 5) is 12.2. The van der Waals surface area contributed by atoms with Gasteiger partial charge in [-0.25, -0.2) is 13.2 Å². The van der Waals surface area contributed by atoms with E-state index in [1.165, 1.54) is 18.2 Å². The number of fused-ring (bicyclic) bond motifs is 1. The maximum atomic E-state index is 13.7. The molecule has 22 heavy (non-hydrogen) atoms. The Morgan fingerprint density at radius 1 is 1.05 bits per heavy atom. The van der Waals surface area contributed by atoms with Crippen molar-refractivity contribution in [2.24, 2.45) is 0 Å². The number of benzene rings is 2. The summed E-state index contributed by atoms with van der Waals surface area (Å²) in [5.74, 6) is -3.42. The number of rotatable bonds is 2. The molecule has 0 aliphatic carbocycles. The first kappa shape index (κ1) is 14.2. The fraction of sp³-hybridized carbons (Fsp3) is 0.0625. The molecule has 0 aliphatic heterocycles. The summed E-state index contributed by atoms with van der Waals surface area (Å²) < 4.78 is 44.9. The lowest BCUT2D eigenvalue weighted by Gasteiger charge is -2.04. The van der Waals surface area contributed by atoms with Gasteiger partial charge in [-0.15, -0.1) is 0 Å². The zero-order valence-electron chi connectivity index (χ0n) is 11.4. The molecule has 3 nitrogen and oxygen atoms in total. The van der Waals surface area contributed by atoms with Crippen molar-refractivity contribution in [1.82, 2.24) is 0 Å². The van der Waals surface area contributed by atoms with E-state index in [0.29, 0.717) is 10.9 Å². The van der Waals surface area contributed by atoms with Crippen LogP contribution >= 0.6 is 0 Å². The molecule has 0 radical (unpaired) electrons. The van der Waals surface area contributed by atoms with Crippen molar-refractivity contribution < 1.29 is 22.4 Å². The van der Waals surface area contributed by atoms with Crippen molar-refractivity contribution in [3.8, 4) is 0 Å². The number of carbonyl (C=O) groups is 1. The predicted octanol–water partition coefficient (Wildman–Crippen LogP) is 4.41. The third-order valence-corrected chi connectivity index (χ3v) is 3.30. The fourth-order valence-electron chi connectivity index (χ4n) is 2.19. The van der Waals surface area contributed by atoms with Crippen LogP contribution in [0.5, 0.6) is 0 Å². The number of para-hydroxylation sites is 1. The second-order valence-electron chi connectivity index (χ2n) is 4.76.